The minimum Gasteiger partial charge on any atom is -0.457 e. The molecule has 0 amide bonds. The molecular formula is C14H14N2O2. The molecule has 0 spiro atoms. The number of benzene rings is 2. The van der Waals surface area contributed by atoms with Crippen molar-refractivity contribution < 1.29 is 9.94 Å². The van der Waals surface area contributed by atoms with Crippen LogP contribution in [-0.4, -0.2) is 11.0 Å². The van der Waals surface area contributed by atoms with Crippen molar-refractivity contribution in [3.8, 4) is 11.5 Å². The summed E-state index contributed by atoms with van der Waals surface area (Å²) >= 11 is 0. The normalized spacial score (nSPS) is 11.2. The topological polar surface area (TPSA) is 67.8 Å². The van der Waals surface area contributed by atoms with E-state index in [4.69, 9.17) is 15.7 Å². The van der Waals surface area contributed by atoms with Crippen LogP contribution in [0.1, 0.15) is 5.56 Å². The molecule has 0 aliphatic rings. The number of oxime groups is 1. The van der Waals surface area contributed by atoms with Crippen LogP contribution >= 0.6 is 0 Å². The Labute approximate surface area is 105 Å². The molecule has 3 N–H and O–H groups in total. The average molecular weight is 242 g/mol. The quantitative estimate of drug-likeness (QED) is 0.375. The van der Waals surface area contributed by atoms with Crippen molar-refractivity contribution in [3.05, 3.63) is 60.2 Å². The van der Waals surface area contributed by atoms with Gasteiger partial charge in [0.1, 0.15) is 17.3 Å². The van der Waals surface area contributed by atoms with Gasteiger partial charge in [-0.1, -0.05) is 35.5 Å². The van der Waals surface area contributed by atoms with E-state index in [1.165, 1.54) is 0 Å². The highest BCUT2D eigenvalue weighted by atomic mass is 16.5. The Kier molecular flexibility index (Phi) is 3.81. The van der Waals surface area contributed by atoms with Gasteiger partial charge >= 0.3 is 0 Å². The van der Waals surface area contributed by atoms with Crippen LogP contribution in [0.2, 0.25) is 0 Å². The Hall–Kier alpha value is -2.49. The van der Waals surface area contributed by atoms with Crippen molar-refractivity contribution in [2.45, 2.75) is 6.42 Å². The summed E-state index contributed by atoms with van der Waals surface area (Å²) in [5.74, 6) is 1.68. The molecule has 0 aliphatic carbocycles. The van der Waals surface area contributed by atoms with Crippen molar-refractivity contribution in [2.75, 3.05) is 0 Å². The van der Waals surface area contributed by atoms with Crippen LogP contribution in [0.3, 0.4) is 0 Å². The molecule has 92 valence electrons. The fourth-order valence-corrected chi connectivity index (χ4v) is 1.59. The van der Waals surface area contributed by atoms with Gasteiger partial charge < -0.3 is 15.7 Å². The number of nitrogens with zero attached hydrogens (tertiary/aromatic N) is 1. The minimum absolute atomic E-state index is 0.173. The van der Waals surface area contributed by atoms with E-state index in [-0.39, 0.29) is 5.84 Å². The molecule has 0 heterocycles. The zero-order valence-electron chi connectivity index (χ0n) is 9.78. The summed E-state index contributed by atoms with van der Waals surface area (Å²) in [7, 11) is 0. The highest BCUT2D eigenvalue weighted by molar-refractivity contribution is 5.82. The number of ether oxygens (including phenoxy) is 1. The standard InChI is InChI=1S/C14H14N2O2/c15-14(16-17)10-11-5-4-8-13(9-11)18-12-6-2-1-3-7-12/h1-9,17H,10H2,(H2,15,16). The summed E-state index contributed by atoms with van der Waals surface area (Å²) in [6.45, 7) is 0. The van der Waals surface area contributed by atoms with Crippen LogP contribution in [0.25, 0.3) is 0 Å². The first kappa shape index (κ1) is 12.0. The summed E-state index contributed by atoms with van der Waals surface area (Å²) in [5.41, 5.74) is 6.40. The Morgan fingerprint density at radius 1 is 1.06 bits per heavy atom. The zero-order chi connectivity index (χ0) is 12.8. The van der Waals surface area contributed by atoms with Gasteiger partial charge in [0.15, 0.2) is 0 Å². The Morgan fingerprint density at radius 2 is 1.78 bits per heavy atom. The molecule has 0 aliphatic heterocycles. The average Bonchev–Trinajstić information content (AvgIpc) is 2.40. The Balaban J connectivity index is 2.13. The van der Waals surface area contributed by atoms with E-state index in [9.17, 15) is 0 Å². The first-order chi connectivity index (χ1) is 8.78. The molecule has 4 nitrogen and oxygen atoms in total. The second-order valence-electron chi connectivity index (χ2n) is 3.83. The molecule has 0 atom stereocenters. The van der Waals surface area contributed by atoms with E-state index in [1.54, 1.807) is 0 Å². The summed E-state index contributed by atoms with van der Waals surface area (Å²) in [6, 6.07) is 17.0. The van der Waals surface area contributed by atoms with Gasteiger partial charge in [-0.3, -0.25) is 0 Å². The van der Waals surface area contributed by atoms with Gasteiger partial charge in [0.25, 0.3) is 0 Å². The van der Waals surface area contributed by atoms with E-state index < -0.39 is 0 Å². The predicted octanol–water partition coefficient (Wildman–Crippen LogP) is 2.77. The monoisotopic (exact) mass is 242 g/mol. The van der Waals surface area contributed by atoms with Crippen LogP contribution in [0, 0.1) is 0 Å². The molecule has 0 aromatic heterocycles. The molecular weight excluding hydrogens is 228 g/mol. The van der Waals surface area contributed by atoms with E-state index in [1.807, 2.05) is 54.6 Å². The molecule has 0 bridgehead atoms. The van der Waals surface area contributed by atoms with E-state index in [2.05, 4.69) is 5.16 Å². The summed E-state index contributed by atoms with van der Waals surface area (Å²) in [6.07, 6.45) is 0.391. The second kappa shape index (κ2) is 5.72. The molecule has 0 saturated carbocycles. The van der Waals surface area contributed by atoms with Crippen LogP contribution in [0.15, 0.2) is 59.8 Å². The third-order valence-corrected chi connectivity index (χ3v) is 2.39. The molecule has 2 aromatic carbocycles. The molecule has 4 heteroatoms. The highest BCUT2D eigenvalue weighted by Gasteiger charge is 2.01. The van der Waals surface area contributed by atoms with Gasteiger partial charge in [-0.25, -0.2) is 0 Å². The van der Waals surface area contributed by atoms with Crippen molar-refractivity contribution in [1.82, 2.24) is 0 Å². The predicted molar refractivity (Wildman–Crippen MR) is 70.1 cm³/mol. The third-order valence-electron chi connectivity index (χ3n) is 2.39. The SMILES string of the molecule is N/C(Cc1cccc(Oc2ccccc2)c1)=N\O. The summed E-state index contributed by atoms with van der Waals surface area (Å²) in [4.78, 5) is 0. The zero-order valence-corrected chi connectivity index (χ0v) is 9.78. The number of para-hydroxylation sites is 1. The first-order valence-corrected chi connectivity index (χ1v) is 5.56. The molecule has 18 heavy (non-hydrogen) atoms. The molecule has 0 radical (unpaired) electrons. The van der Waals surface area contributed by atoms with Gasteiger partial charge in [-0.15, -0.1) is 0 Å². The van der Waals surface area contributed by atoms with Crippen molar-refractivity contribution in [2.24, 2.45) is 10.9 Å². The third kappa shape index (κ3) is 3.25. The lowest BCUT2D eigenvalue weighted by Gasteiger charge is -2.07. The van der Waals surface area contributed by atoms with Crippen LogP contribution in [-0.2, 0) is 6.42 Å². The molecule has 2 rings (SSSR count). The van der Waals surface area contributed by atoms with Gasteiger partial charge in [0, 0.05) is 6.42 Å². The van der Waals surface area contributed by atoms with E-state index in [0.717, 1.165) is 17.1 Å². The molecule has 0 unspecified atom stereocenters. The van der Waals surface area contributed by atoms with Gasteiger partial charge in [0.05, 0.1) is 0 Å². The lowest BCUT2D eigenvalue weighted by atomic mass is 10.1. The largest absolute Gasteiger partial charge is 0.457 e. The van der Waals surface area contributed by atoms with Gasteiger partial charge in [-0.05, 0) is 29.8 Å². The van der Waals surface area contributed by atoms with E-state index >= 15 is 0 Å². The van der Waals surface area contributed by atoms with Gasteiger partial charge in [0.2, 0.25) is 0 Å². The lowest BCUT2D eigenvalue weighted by Crippen LogP contribution is -2.14. The number of hydrogen-bond donors (Lipinski definition) is 2. The van der Waals surface area contributed by atoms with Crippen LogP contribution < -0.4 is 10.5 Å². The maximum Gasteiger partial charge on any atom is 0.143 e. The van der Waals surface area contributed by atoms with Crippen molar-refractivity contribution >= 4 is 5.84 Å². The Bertz CT molecular complexity index is 539. The number of rotatable bonds is 4. The summed E-state index contributed by atoms with van der Waals surface area (Å²) in [5, 5.41) is 11.5. The van der Waals surface area contributed by atoms with Crippen molar-refractivity contribution in [1.29, 1.82) is 0 Å². The number of amidine groups is 1. The Morgan fingerprint density at radius 3 is 2.50 bits per heavy atom. The fraction of sp³-hybridized carbons (Fsp3) is 0.0714. The van der Waals surface area contributed by atoms with Crippen LogP contribution in [0.4, 0.5) is 0 Å². The molecule has 0 saturated heterocycles. The first-order valence-electron chi connectivity index (χ1n) is 5.56. The molecule has 0 fully saturated rings. The fourth-order valence-electron chi connectivity index (χ4n) is 1.59. The highest BCUT2D eigenvalue weighted by Crippen LogP contribution is 2.21. The summed E-state index contributed by atoms with van der Waals surface area (Å²) < 4.78 is 5.69. The maximum atomic E-state index is 8.53. The van der Waals surface area contributed by atoms with Crippen molar-refractivity contribution in [3.63, 3.8) is 0 Å². The minimum atomic E-state index is 0.173. The van der Waals surface area contributed by atoms with E-state index in [0.29, 0.717) is 6.42 Å². The molecule has 2 aromatic rings. The van der Waals surface area contributed by atoms with Crippen LogP contribution in [0.5, 0.6) is 11.5 Å². The number of nitrogens with two attached hydrogens (primary N) is 1. The number of hydrogen-bond acceptors (Lipinski definition) is 3. The lowest BCUT2D eigenvalue weighted by molar-refractivity contribution is 0.317. The second-order valence-corrected chi connectivity index (χ2v) is 3.83. The smallest absolute Gasteiger partial charge is 0.143 e. The maximum absolute atomic E-state index is 8.53. The van der Waals surface area contributed by atoms with Gasteiger partial charge in [-0.2, -0.15) is 0 Å².